The molecule has 6 nitrogen and oxygen atoms in total. The number of carboxylic acid groups (broad SMARTS) is 1. The topological polar surface area (TPSA) is 75.4 Å². The lowest BCUT2D eigenvalue weighted by atomic mass is 10.1. The van der Waals surface area contributed by atoms with Crippen molar-refractivity contribution in [2.24, 2.45) is 0 Å². The van der Waals surface area contributed by atoms with Gasteiger partial charge in [-0.1, -0.05) is 0 Å². The first-order valence-corrected chi connectivity index (χ1v) is 7.22. The average molecular weight is 317 g/mol. The third-order valence-electron chi connectivity index (χ3n) is 3.98. The van der Waals surface area contributed by atoms with Crippen LogP contribution in [0.2, 0.25) is 0 Å². The highest BCUT2D eigenvalue weighted by Crippen LogP contribution is 2.27. The van der Waals surface area contributed by atoms with E-state index in [-0.39, 0.29) is 18.9 Å². The molecule has 1 aromatic heterocycles. The number of hydrogen-bond acceptors (Lipinski definition) is 3. The molecule has 1 fully saturated rings. The Morgan fingerprint density at radius 3 is 2.52 bits per heavy atom. The summed E-state index contributed by atoms with van der Waals surface area (Å²) in [5, 5.41) is 13.1. The van der Waals surface area contributed by atoms with Gasteiger partial charge in [-0.05, 0) is 36.8 Å². The molecule has 23 heavy (non-hydrogen) atoms. The Labute approximate surface area is 132 Å². The molecule has 120 valence electrons. The minimum Gasteiger partial charge on any atom is -0.479 e. The summed E-state index contributed by atoms with van der Waals surface area (Å²) in [5.74, 6) is -1.88. The third kappa shape index (κ3) is 2.81. The Balaban J connectivity index is 1.75. The molecule has 0 saturated carbocycles. The van der Waals surface area contributed by atoms with Gasteiger partial charge in [0.05, 0.1) is 18.4 Å². The van der Waals surface area contributed by atoms with Crippen LogP contribution in [0.1, 0.15) is 22.3 Å². The number of alkyl halides is 1. The molecule has 1 N–H and O–H groups in total. The Morgan fingerprint density at radius 2 is 2.00 bits per heavy atom. The number of rotatable bonds is 3. The van der Waals surface area contributed by atoms with Crippen LogP contribution in [0.4, 0.5) is 4.39 Å². The van der Waals surface area contributed by atoms with E-state index < -0.39 is 18.2 Å². The molecule has 3 rings (SSSR count). The van der Waals surface area contributed by atoms with Gasteiger partial charge in [0.2, 0.25) is 5.67 Å². The van der Waals surface area contributed by atoms with Crippen molar-refractivity contribution in [1.29, 1.82) is 0 Å². The lowest BCUT2D eigenvalue weighted by Crippen LogP contribution is -2.38. The maximum absolute atomic E-state index is 14.0. The number of benzene rings is 1. The third-order valence-corrected chi connectivity index (χ3v) is 3.98. The van der Waals surface area contributed by atoms with E-state index in [4.69, 9.17) is 5.11 Å². The number of nitrogens with zero attached hydrogens (tertiary/aromatic N) is 3. The standard InChI is InChI=1S/C16H16FN3O3/c1-11-8-18-20(9-11)13-4-2-12(3-5-13)14(21)19-7-6-16(17,10-19)15(22)23/h2-5,8-9H,6-7,10H2,1H3,(H,22,23). The van der Waals surface area contributed by atoms with Crippen LogP contribution in [-0.2, 0) is 4.79 Å². The van der Waals surface area contributed by atoms with Crippen LogP contribution >= 0.6 is 0 Å². The van der Waals surface area contributed by atoms with Gasteiger partial charge in [-0.25, -0.2) is 13.9 Å². The van der Waals surface area contributed by atoms with Crippen molar-refractivity contribution in [3.8, 4) is 5.69 Å². The Bertz CT molecular complexity index is 756. The SMILES string of the molecule is Cc1cnn(-c2ccc(C(=O)N3CCC(F)(C(=O)O)C3)cc2)c1. The number of halogens is 1. The fourth-order valence-corrected chi connectivity index (χ4v) is 2.61. The van der Waals surface area contributed by atoms with Crippen LogP contribution in [0, 0.1) is 6.92 Å². The van der Waals surface area contributed by atoms with Crippen LogP contribution in [0.25, 0.3) is 5.69 Å². The quantitative estimate of drug-likeness (QED) is 0.937. The summed E-state index contributed by atoms with van der Waals surface area (Å²) >= 11 is 0. The molecule has 0 bridgehead atoms. The molecule has 1 atom stereocenters. The van der Waals surface area contributed by atoms with Gasteiger partial charge in [0.25, 0.3) is 5.91 Å². The monoisotopic (exact) mass is 317 g/mol. The number of carbonyl (C=O) groups is 2. The number of aryl methyl sites for hydroxylation is 1. The lowest BCUT2D eigenvalue weighted by molar-refractivity contribution is -0.149. The van der Waals surface area contributed by atoms with Gasteiger partial charge in [0, 0.05) is 24.7 Å². The Kier molecular flexibility index (Phi) is 3.63. The number of hydrogen-bond donors (Lipinski definition) is 1. The first-order chi connectivity index (χ1) is 10.9. The van der Waals surface area contributed by atoms with Crippen molar-refractivity contribution in [3.63, 3.8) is 0 Å². The van der Waals surface area contributed by atoms with Crippen LogP contribution in [0.15, 0.2) is 36.7 Å². The molecule has 1 unspecified atom stereocenters. The second-order valence-corrected chi connectivity index (χ2v) is 5.76. The molecule has 1 aliphatic heterocycles. The summed E-state index contributed by atoms with van der Waals surface area (Å²) in [7, 11) is 0. The van der Waals surface area contributed by atoms with Gasteiger partial charge in [0.15, 0.2) is 0 Å². The lowest BCUT2D eigenvalue weighted by Gasteiger charge is -2.18. The second-order valence-electron chi connectivity index (χ2n) is 5.76. The molecule has 1 aromatic carbocycles. The van der Waals surface area contributed by atoms with E-state index in [0.717, 1.165) is 11.3 Å². The summed E-state index contributed by atoms with van der Waals surface area (Å²) < 4.78 is 15.7. The minimum atomic E-state index is -2.35. The van der Waals surface area contributed by atoms with Gasteiger partial charge in [-0.3, -0.25) is 4.79 Å². The largest absolute Gasteiger partial charge is 0.479 e. The molecule has 2 heterocycles. The van der Waals surface area contributed by atoms with Crippen molar-refractivity contribution < 1.29 is 19.1 Å². The maximum atomic E-state index is 14.0. The summed E-state index contributed by atoms with van der Waals surface area (Å²) in [4.78, 5) is 24.5. The first-order valence-electron chi connectivity index (χ1n) is 7.22. The molecule has 2 aromatic rings. The molecular formula is C16H16FN3O3. The van der Waals surface area contributed by atoms with E-state index in [9.17, 15) is 14.0 Å². The maximum Gasteiger partial charge on any atom is 0.343 e. The zero-order valence-corrected chi connectivity index (χ0v) is 12.6. The first kappa shape index (κ1) is 15.2. The van der Waals surface area contributed by atoms with Crippen LogP contribution in [0.5, 0.6) is 0 Å². The highest BCUT2D eigenvalue weighted by Gasteiger charge is 2.46. The summed E-state index contributed by atoms with van der Waals surface area (Å²) in [6, 6.07) is 6.76. The normalized spacial score (nSPS) is 20.7. The fraction of sp³-hybridized carbons (Fsp3) is 0.312. The number of carbonyl (C=O) groups excluding carboxylic acids is 1. The number of aliphatic carboxylic acids is 1. The number of likely N-dealkylation sites (tertiary alicyclic amines) is 1. The van der Waals surface area contributed by atoms with E-state index in [2.05, 4.69) is 5.10 Å². The Hall–Kier alpha value is -2.70. The number of aromatic nitrogens is 2. The molecule has 0 spiro atoms. The van der Waals surface area contributed by atoms with Crippen molar-refractivity contribution in [2.45, 2.75) is 19.0 Å². The highest BCUT2D eigenvalue weighted by atomic mass is 19.1. The van der Waals surface area contributed by atoms with E-state index in [0.29, 0.717) is 5.56 Å². The van der Waals surface area contributed by atoms with Gasteiger partial charge in [-0.2, -0.15) is 5.10 Å². The molecular weight excluding hydrogens is 301 g/mol. The van der Waals surface area contributed by atoms with Crippen molar-refractivity contribution >= 4 is 11.9 Å². The number of carboxylic acids is 1. The van der Waals surface area contributed by atoms with Crippen LogP contribution in [0.3, 0.4) is 0 Å². The molecule has 1 aliphatic rings. The van der Waals surface area contributed by atoms with Gasteiger partial charge in [0.1, 0.15) is 0 Å². The smallest absolute Gasteiger partial charge is 0.343 e. The van der Waals surface area contributed by atoms with E-state index in [1.165, 1.54) is 4.90 Å². The molecule has 0 aliphatic carbocycles. The van der Waals surface area contributed by atoms with Gasteiger partial charge in [-0.15, -0.1) is 0 Å². The molecule has 1 amide bonds. The van der Waals surface area contributed by atoms with Crippen molar-refractivity contribution in [1.82, 2.24) is 14.7 Å². The molecule has 7 heteroatoms. The molecule has 0 radical (unpaired) electrons. The van der Waals surface area contributed by atoms with Crippen LogP contribution in [-0.4, -0.2) is 50.4 Å². The predicted molar refractivity (Wildman–Crippen MR) is 80.3 cm³/mol. The highest BCUT2D eigenvalue weighted by molar-refractivity contribution is 5.95. The average Bonchev–Trinajstić information content (AvgIpc) is 3.14. The van der Waals surface area contributed by atoms with Gasteiger partial charge >= 0.3 is 5.97 Å². The summed E-state index contributed by atoms with van der Waals surface area (Å²) in [6.45, 7) is 1.61. The van der Waals surface area contributed by atoms with Crippen molar-refractivity contribution in [3.05, 3.63) is 47.8 Å². The van der Waals surface area contributed by atoms with E-state index in [1.807, 2.05) is 13.1 Å². The number of amides is 1. The Morgan fingerprint density at radius 1 is 1.30 bits per heavy atom. The second kappa shape index (κ2) is 5.49. The van der Waals surface area contributed by atoms with E-state index >= 15 is 0 Å². The summed E-state index contributed by atoms with van der Waals surface area (Å²) in [5.41, 5.74) is -0.119. The zero-order chi connectivity index (χ0) is 16.6. The fourth-order valence-electron chi connectivity index (χ4n) is 2.61. The zero-order valence-electron chi connectivity index (χ0n) is 12.6. The van der Waals surface area contributed by atoms with Crippen LogP contribution < -0.4 is 0 Å². The summed E-state index contributed by atoms with van der Waals surface area (Å²) in [6.07, 6.45) is 3.41. The van der Waals surface area contributed by atoms with Crippen molar-refractivity contribution in [2.75, 3.05) is 13.1 Å². The minimum absolute atomic E-state index is 0.0989. The van der Waals surface area contributed by atoms with E-state index in [1.54, 1.807) is 35.1 Å². The van der Waals surface area contributed by atoms with Gasteiger partial charge < -0.3 is 10.0 Å². The predicted octanol–water partition coefficient (Wildman–Crippen LogP) is 1.82. The molecule has 1 saturated heterocycles.